The Bertz CT molecular complexity index is 574. The van der Waals surface area contributed by atoms with Gasteiger partial charge in [-0.1, -0.05) is 6.07 Å². The summed E-state index contributed by atoms with van der Waals surface area (Å²) in [6, 6.07) is 3.39. The van der Waals surface area contributed by atoms with E-state index in [0.29, 0.717) is 25.9 Å². The van der Waals surface area contributed by atoms with Crippen molar-refractivity contribution < 1.29 is 23.5 Å². The van der Waals surface area contributed by atoms with Crippen molar-refractivity contribution in [2.45, 2.75) is 25.3 Å². The number of carbonyl (C=O) groups is 2. The van der Waals surface area contributed by atoms with Crippen LogP contribution in [0.3, 0.4) is 0 Å². The molecule has 1 aliphatic heterocycles. The molecule has 1 aromatic rings. The van der Waals surface area contributed by atoms with E-state index in [1.807, 2.05) is 0 Å². The fourth-order valence-electron chi connectivity index (χ4n) is 2.93. The van der Waals surface area contributed by atoms with E-state index in [1.54, 1.807) is 11.9 Å². The van der Waals surface area contributed by atoms with Crippen LogP contribution in [0.15, 0.2) is 18.2 Å². The quantitative estimate of drug-likeness (QED) is 0.919. The maximum absolute atomic E-state index is 13.7. The minimum Gasteiger partial charge on any atom is -0.480 e. The van der Waals surface area contributed by atoms with Gasteiger partial charge >= 0.3 is 5.97 Å². The average molecular weight is 326 g/mol. The Balaban J connectivity index is 2.05. The van der Waals surface area contributed by atoms with Crippen LogP contribution in [0.5, 0.6) is 0 Å². The van der Waals surface area contributed by atoms with E-state index in [1.165, 1.54) is 11.0 Å². The zero-order valence-corrected chi connectivity index (χ0v) is 13.0. The van der Waals surface area contributed by atoms with E-state index in [2.05, 4.69) is 0 Å². The van der Waals surface area contributed by atoms with Gasteiger partial charge in [-0.25, -0.2) is 8.78 Å². The summed E-state index contributed by atoms with van der Waals surface area (Å²) in [5.41, 5.74) is -0.523. The zero-order valence-electron chi connectivity index (χ0n) is 13.0. The molecule has 1 heterocycles. The molecule has 1 aromatic carbocycles. The molecule has 0 radical (unpaired) electrons. The molecule has 1 amide bonds. The number of likely N-dealkylation sites (tertiary alicyclic amines) is 1. The van der Waals surface area contributed by atoms with Crippen LogP contribution >= 0.6 is 0 Å². The molecule has 5 nitrogen and oxygen atoms in total. The Hall–Kier alpha value is -2.02. The van der Waals surface area contributed by atoms with E-state index in [4.69, 9.17) is 5.11 Å². The number of carboxylic acid groups (broad SMARTS) is 1. The van der Waals surface area contributed by atoms with E-state index >= 15 is 0 Å². The lowest BCUT2D eigenvalue weighted by Gasteiger charge is -2.25. The van der Waals surface area contributed by atoms with Gasteiger partial charge in [-0.05, 0) is 38.4 Å². The molecule has 1 atom stereocenters. The summed E-state index contributed by atoms with van der Waals surface area (Å²) in [5, 5.41) is 8.85. The summed E-state index contributed by atoms with van der Waals surface area (Å²) in [6.45, 7) is 0.686. The van der Waals surface area contributed by atoms with Crippen molar-refractivity contribution >= 4 is 11.9 Å². The molecule has 1 N–H and O–H groups in total. The highest BCUT2D eigenvalue weighted by molar-refractivity contribution is 5.94. The Kier molecular flexibility index (Phi) is 5.65. The number of likely N-dealkylation sites (N-methyl/N-ethyl adjacent to an activating group) is 1. The van der Waals surface area contributed by atoms with Crippen LogP contribution in [-0.2, 0) is 4.79 Å². The molecule has 0 aromatic heterocycles. The van der Waals surface area contributed by atoms with Crippen LogP contribution in [0.2, 0.25) is 0 Å². The van der Waals surface area contributed by atoms with Crippen LogP contribution in [0.1, 0.15) is 29.6 Å². The summed E-state index contributed by atoms with van der Waals surface area (Å²) >= 11 is 0. The Morgan fingerprint density at radius 3 is 2.52 bits per heavy atom. The highest BCUT2D eigenvalue weighted by atomic mass is 19.1. The van der Waals surface area contributed by atoms with Gasteiger partial charge in [0.25, 0.3) is 5.91 Å². The summed E-state index contributed by atoms with van der Waals surface area (Å²) in [4.78, 5) is 26.3. The third kappa shape index (κ3) is 4.25. The summed E-state index contributed by atoms with van der Waals surface area (Å²) in [5.74, 6) is -3.28. The molecule has 1 fully saturated rings. The van der Waals surface area contributed by atoms with E-state index < -0.39 is 29.1 Å². The Morgan fingerprint density at radius 1 is 1.26 bits per heavy atom. The lowest BCUT2D eigenvalue weighted by atomic mass is 10.1. The molecule has 7 heteroatoms. The standard InChI is InChI=1S/C16H20F2N2O3/c1-19(10-14(21)22)11-4-3-8-20(9-7-11)16(23)15-12(17)5-2-6-13(15)18/h2,5-6,11H,3-4,7-10H2,1H3,(H,21,22). The van der Waals surface area contributed by atoms with E-state index in [-0.39, 0.29) is 12.6 Å². The monoisotopic (exact) mass is 326 g/mol. The topological polar surface area (TPSA) is 60.9 Å². The van der Waals surface area contributed by atoms with Gasteiger partial charge in [0.2, 0.25) is 0 Å². The smallest absolute Gasteiger partial charge is 0.317 e. The maximum atomic E-state index is 13.7. The minimum atomic E-state index is -0.905. The Morgan fingerprint density at radius 2 is 1.91 bits per heavy atom. The van der Waals surface area contributed by atoms with Crippen LogP contribution in [0.4, 0.5) is 8.78 Å². The molecule has 1 aliphatic rings. The molecule has 1 unspecified atom stereocenters. The number of amides is 1. The number of benzene rings is 1. The van der Waals surface area contributed by atoms with Gasteiger partial charge in [0.05, 0.1) is 6.54 Å². The fourth-order valence-corrected chi connectivity index (χ4v) is 2.93. The number of hydrogen-bond acceptors (Lipinski definition) is 3. The molecule has 0 saturated carbocycles. The predicted molar refractivity (Wildman–Crippen MR) is 80.2 cm³/mol. The number of carboxylic acids is 1. The maximum Gasteiger partial charge on any atom is 0.317 e. The fraction of sp³-hybridized carbons (Fsp3) is 0.500. The number of aliphatic carboxylic acids is 1. The normalized spacial score (nSPS) is 18.8. The lowest BCUT2D eigenvalue weighted by Crippen LogP contribution is -2.37. The number of nitrogens with zero attached hydrogens (tertiary/aromatic N) is 2. The molecule has 0 aliphatic carbocycles. The molecule has 1 saturated heterocycles. The Labute approximate surface area is 133 Å². The second kappa shape index (κ2) is 7.50. The van der Waals surface area contributed by atoms with Crippen LogP contribution < -0.4 is 0 Å². The van der Waals surface area contributed by atoms with E-state index in [0.717, 1.165) is 18.6 Å². The number of hydrogen-bond donors (Lipinski definition) is 1. The molecular formula is C16H20F2N2O3. The summed E-state index contributed by atoms with van der Waals surface area (Å²) < 4.78 is 27.5. The van der Waals surface area contributed by atoms with Crippen molar-refractivity contribution in [1.29, 1.82) is 0 Å². The van der Waals surface area contributed by atoms with Crippen molar-refractivity contribution in [1.82, 2.24) is 9.80 Å². The van der Waals surface area contributed by atoms with Gasteiger partial charge < -0.3 is 10.0 Å². The van der Waals surface area contributed by atoms with Gasteiger partial charge in [-0.3, -0.25) is 14.5 Å². The van der Waals surface area contributed by atoms with Gasteiger partial charge in [-0.15, -0.1) is 0 Å². The highest BCUT2D eigenvalue weighted by Crippen LogP contribution is 2.20. The third-order valence-corrected chi connectivity index (χ3v) is 4.17. The van der Waals surface area contributed by atoms with E-state index in [9.17, 15) is 18.4 Å². The van der Waals surface area contributed by atoms with Gasteiger partial charge in [0.1, 0.15) is 17.2 Å². The first-order chi connectivity index (χ1) is 10.9. The SMILES string of the molecule is CN(CC(=O)O)C1CCCN(C(=O)c2c(F)cccc2F)CC1. The van der Waals surface area contributed by atoms with Crippen molar-refractivity contribution in [2.75, 3.05) is 26.7 Å². The molecular weight excluding hydrogens is 306 g/mol. The highest BCUT2D eigenvalue weighted by Gasteiger charge is 2.27. The van der Waals surface area contributed by atoms with Crippen molar-refractivity contribution in [3.8, 4) is 0 Å². The largest absolute Gasteiger partial charge is 0.480 e. The molecule has 0 spiro atoms. The second-order valence-corrected chi connectivity index (χ2v) is 5.78. The molecule has 2 rings (SSSR count). The van der Waals surface area contributed by atoms with Crippen molar-refractivity contribution in [3.63, 3.8) is 0 Å². The van der Waals surface area contributed by atoms with Gasteiger partial charge in [0, 0.05) is 19.1 Å². The average Bonchev–Trinajstić information content (AvgIpc) is 2.72. The first kappa shape index (κ1) is 17.3. The first-order valence-electron chi connectivity index (χ1n) is 7.55. The predicted octanol–water partition coefficient (Wildman–Crippen LogP) is 1.98. The van der Waals surface area contributed by atoms with Crippen molar-refractivity contribution in [3.05, 3.63) is 35.4 Å². The summed E-state index contributed by atoms with van der Waals surface area (Å²) in [6.07, 6.45) is 1.98. The van der Waals surface area contributed by atoms with Crippen molar-refractivity contribution in [2.24, 2.45) is 0 Å². The van der Waals surface area contributed by atoms with Crippen LogP contribution in [-0.4, -0.2) is 59.5 Å². The number of halogens is 2. The molecule has 126 valence electrons. The first-order valence-corrected chi connectivity index (χ1v) is 7.55. The summed E-state index contributed by atoms with van der Waals surface area (Å²) in [7, 11) is 1.73. The number of rotatable bonds is 4. The molecule has 0 bridgehead atoms. The lowest BCUT2D eigenvalue weighted by molar-refractivity contribution is -0.138. The van der Waals surface area contributed by atoms with Gasteiger partial charge in [-0.2, -0.15) is 0 Å². The number of carbonyl (C=O) groups excluding carboxylic acids is 1. The minimum absolute atomic E-state index is 0.0365. The zero-order chi connectivity index (χ0) is 17.0. The third-order valence-electron chi connectivity index (χ3n) is 4.17. The van der Waals surface area contributed by atoms with Gasteiger partial charge in [0.15, 0.2) is 0 Å². The second-order valence-electron chi connectivity index (χ2n) is 5.78. The van der Waals surface area contributed by atoms with Crippen LogP contribution in [0.25, 0.3) is 0 Å². The van der Waals surface area contributed by atoms with Crippen LogP contribution in [0, 0.1) is 11.6 Å². The molecule has 23 heavy (non-hydrogen) atoms.